The van der Waals surface area contributed by atoms with Crippen LogP contribution < -0.4 is 15.0 Å². The van der Waals surface area contributed by atoms with E-state index in [-0.39, 0.29) is 24.0 Å². The van der Waals surface area contributed by atoms with Crippen molar-refractivity contribution in [2.24, 2.45) is 0 Å². The molecule has 6 nitrogen and oxygen atoms in total. The molecule has 0 bridgehead atoms. The van der Waals surface area contributed by atoms with Crippen LogP contribution in [0.5, 0.6) is 5.75 Å². The molecule has 166 valence electrons. The van der Waals surface area contributed by atoms with E-state index in [1.54, 1.807) is 18.1 Å². The van der Waals surface area contributed by atoms with Crippen molar-refractivity contribution in [1.29, 1.82) is 0 Å². The van der Waals surface area contributed by atoms with E-state index >= 15 is 0 Å². The maximum atomic E-state index is 14.1. The summed E-state index contributed by atoms with van der Waals surface area (Å²) in [6.45, 7) is 4.47. The molecule has 1 fully saturated rings. The van der Waals surface area contributed by atoms with Crippen LogP contribution in [0.25, 0.3) is 0 Å². The Balaban J connectivity index is 1.47. The van der Waals surface area contributed by atoms with Crippen molar-refractivity contribution >= 4 is 11.7 Å². The van der Waals surface area contributed by atoms with Gasteiger partial charge in [0.05, 0.1) is 19.3 Å². The topological polar surface area (TPSA) is 65.0 Å². The van der Waals surface area contributed by atoms with Gasteiger partial charge < -0.3 is 25.0 Å². The number of carbonyl (C=O) groups excluding carboxylic acids is 1. The predicted molar refractivity (Wildman–Crippen MR) is 118 cm³/mol. The molecule has 2 aromatic carbocycles. The van der Waals surface area contributed by atoms with E-state index in [4.69, 9.17) is 4.74 Å². The van der Waals surface area contributed by atoms with Crippen LogP contribution in [0.2, 0.25) is 0 Å². The highest BCUT2D eigenvalue weighted by molar-refractivity contribution is 5.75. The summed E-state index contributed by atoms with van der Waals surface area (Å²) < 4.78 is 19.4. The zero-order chi connectivity index (χ0) is 22.0. The number of ether oxygens (including phenoxy) is 1. The number of aliphatic hydroxyl groups excluding tert-OH is 1. The summed E-state index contributed by atoms with van der Waals surface area (Å²) in [4.78, 5) is 17.0. The smallest absolute Gasteiger partial charge is 0.318 e. The molecule has 0 aliphatic carbocycles. The molecular formula is C24H30FN3O3. The van der Waals surface area contributed by atoms with Gasteiger partial charge in [0.2, 0.25) is 0 Å². The van der Waals surface area contributed by atoms with Crippen molar-refractivity contribution in [2.75, 3.05) is 31.6 Å². The molecule has 2 amide bonds. The van der Waals surface area contributed by atoms with E-state index in [1.807, 2.05) is 19.1 Å². The first-order chi connectivity index (χ1) is 14.9. The molecule has 0 aromatic heterocycles. The number of amides is 2. The summed E-state index contributed by atoms with van der Waals surface area (Å²) in [6, 6.07) is 10.2. The Labute approximate surface area is 182 Å². The summed E-state index contributed by atoms with van der Waals surface area (Å²) in [6.07, 6.45) is 1.89. The number of aliphatic hydroxyl groups is 1. The first kappa shape index (κ1) is 21.4. The minimum atomic E-state index is -0.350. The standard InChI is InChI=1S/C24H30FN3O3/c1-16(22-14-19(25)4-6-23(22)27-11-8-20(29)9-12-27)26-24(30)28-10-7-17-3-5-21(31-2)13-18(17)15-28/h3-6,13-14,16,20,29H,7-12,15H2,1-2H3,(H,26,30). The largest absolute Gasteiger partial charge is 0.497 e. The Kier molecular flexibility index (Phi) is 6.32. The fraction of sp³-hybridized carbons (Fsp3) is 0.458. The van der Waals surface area contributed by atoms with E-state index in [0.29, 0.717) is 39.0 Å². The normalized spacial score (nSPS) is 17.8. The van der Waals surface area contributed by atoms with E-state index in [0.717, 1.165) is 29.0 Å². The number of nitrogens with one attached hydrogen (secondary N) is 1. The van der Waals surface area contributed by atoms with Gasteiger partial charge in [0.15, 0.2) is 0 Å². The fourth-order valence-electron chi connectivity index (χ4n) is 4.45. The van der Waals surface area contributed by atoms with E-state index in [2.05, 4.69) is 16.3 Å². The number of piperidine rings is 1. The number of halogens is 1. The zero-order valence-corrected chi connectivity index (χ0v) is 18.1. The van der Waals surface area contributed by atoms with Crippen molar-refractivity contribution in [3.8, 4) is 5.75 Å². The Hall–Kier alpha value is -2.80. The van der Waals surface area contributed by atoms with Crippen LogP contribution in [0, 0.1) is 5.82 Å². The van der Waals surface area contributed by atoms with Gasteiger partial charge in [0, 0.05) is 37.4 Å². The molecule has 0 saturated carbocycles. The minimum absolute atomic E-state index is 0.162. The molecule has 1 saturated heterocycles. The van der Waals surface area contributed by atoms with Crippen LogP contribution in [0.1, 0.15) is 42.5 Å². The summed E-state index contributed by atoms with van der Waals surface area (Å²) in [7, 11) is 1.64. The number of methoxy groups -OCH3 is 1. The summed E-state index contributed by atoms with van der Waals surface area (Å²) >= 11 is 0. The van der Waals surface area contributed by atoms with Crippen molar-refractivity contribution in [1.82, 2.24) is 10.2 Å². The number of hydrogen-bond donors (Lipinski definition) is 2. The lowest BCUT2D eigenvalue weighted by Gasteiger charge is -2.35. The van der Waals surface area contributed by atoms with Crippen LogP contribution in [-0.4, -0.2) is 48.9 Å². The molecule has 0 radical (unpaired) electrons. The first-order valence-corrected chi connectivity index (χ1v) is 10.9. The quantitative estimate of drug-likeness (QED) is 0.782. The molecule has 4 rings (SSSR count). The molecule has 2 heterocycles. The van der Waals surface area contributed by atoms with Gasteiger partial charge in [-0.05, 0) is 67.6 Å². The number of nitrogens with zero attached hydrogens (tertiary/aromatic N) is 2. The van der Waals surface area contributed by atoms with Crippen LogP contribution >= 0.6 is 0 Å². The maximum Gasteiger partial charge on any atom is 0.318 e. The lowest BCUT2D eigenvalue weighted by Crippen LogP contribution is -2.44. The van der Waals surface area contributed by atoms with Gasteiger partial charge in [-0.2, -0.15) is 0 Å². The first-order valence-electron chi connectivity index (χ1n) is 10.9. The minimum Gasteiger partial charge on any atom is -0.497 e. The summed E-state index contributed by atoms with van der Waals surface area (Å²) in [5.74, 6) is 0.460. The number of hydrogen-bond acceptors (Lipinski definition) is 4. The number of anilines is 1. The Morgan fingerprint density at radius 3 is 2.68 bits per heavy atom. The second kappa shape index (κ2) is 9.14. The molecular weight excluding hydrogens is 397 g/mol. The number of carbonyl (C=O) groups is 1. The zero-order valence-electron chi connectivity index (χ0n) is 18.1. The Morgan fingerprint density at radius 2 is 1.94 bits per heavy atom. The molecule has 0 spiro atoms. The molecule has 1 atom stereocenters. The molecule has 1 unspecified atom stereocenters. The van der Waals surface area contributed by atoms with Crippen LogP contribution in [-0.2, 0) is 13.0 Å². The van der Waals surface area contributed by atoms with Crippen LogP contribution in [0.15, 0.2) is 36.4 Å². The monoisotopic (exact) mass is 427 g/mol. The lowest BCUT2D eigenvalue weighted by molar-refractivity contribution is 0.145. The van der Waals surface area contributed by atoms with Gasteiger partial charge in [-0.25, -0.2) is 9.18 Å². The fourth-order valence-corrected chi connectivity index (χ4v) is 4.45. The van der Waals surface area contributed by atoms with E-state index < -0.39 is 0 Å². The average molecular weight is 428 g/mol. The van der Waals surface area contributed by atoms with Gasteiger partial charge >= 0.3 is 6.03 Å². The second-order valence-corrected chi connectivity index (χ2v) is 8.40. The maximum absolute atomic E-state index is 14.1. The highest BCUT2D eigenvalue weighted by atomic mass is 19.1. The van der Waals surface area contributed by atoms with Crippen molar-refractivity contribution in [2.45, 2.75) is 44.9 Å². The van der Waals surface area contributed by atoms with Gasteiger partial charge in [-0.15, -0.1) is 0 Å². The molecule has 2 aliphatic rings. The third-order valence-corrected chi connectivity index (χ3v) is 6.31. The molecule has 2 aliphatic heterocycles. The average Bonchev–Trinajstić information content (AvgIpc) is 2.78. The third-order valence-electron chi connectivity index (χ3n) is 6.31. The Morgan fingerprint density at radius 1 is 1.16 bits per heavy atom. The SMILES string of the molecule is COc1ccc2c(c1)CN(C(=O)NC(C)c1cc(F)ccc1N1CCC(O)CC1)CC2. The lowest BCUT2D eigenvalue weighted by atomic mass is 9.99. The summed E-state index contributed by atoms with van der Waals surface area (Å²) in [5, 5.41) is 12.9. The predicted octanol–water partition coefficient (Wildman–Crippen LogP) is 3.62. The van der Waals surface area contributed by atoms with Crippen LogP contribution in [0.3, 0.4) is 0 Å². The Bertz CT molecular complexity index is 944. The highest BCUT2D eigenvalue weighted by Crippen LogP contribution is 2.30. The highest BCUT2D eigenvalue weighted by Gasteiger charge is 2.25. The van der Waals surface area contributed by atoms with Gasteiger partial charge in [0.1, 0.15) is 11.6 Å². The molecule has 7 heteroatoms. The molecule has 2 aromatic rings. The molecule has 2 N–H and O–H groups in total. The van der Waals surface area contributed by atoms with Crippen molar-refractivity contribution in [3.05, 3.63) is 58.9 Å². The van der Waals surface area contributed by atoms with Gasteiger partial charge in [-0.1, -0.05) is 6.07 Å². The number of rotatable bonds is 4. The summed E-state index contributed by atoms with van der Waals surface area (Å²) in [5.41, 5.74) is 3.99. The second-order valence-electron chi connectivity index (χ2n) is 8.40. The van der Waals surface area contributed by atoms with E-state index in [9.17, 15) is 14.3 Å². The third kappa shape index (κ3) is 4.77. The number of urea groups is 1. The van der Waals surface area contributed by atoms with Gasteiger partial charge in [-0.3, -0.25) is 0 Å². The van der Waals surface area contributed by atoms with E-state index in [1.165, 1.54) is 17.7 Å². The number of benzene rings is 2. The van der Waals surface area contributed by atoms with Crippen LogP contribution in [0.4, 0.5) is 14.9 Å². The number of fused-ring (bicyclic) bond motifs is 1. The van der Waals surface area contributed by atoms with Gasteiger partial charge in [0.25, 0.3) is 0 Å². The van der Waals surface area contributed by atoms with Crippen molar-refractivity contribution < 1.29 is 19.0 Å². The molecule has 31 heavy (non-hydrogen) atoms. The van der Waals surface area contributed by atoms with Crippen molar-refractivity contribution in [3.63, 3.8) is 0 Å².